The Hall–Kier alpha value is -1.66. The van der Waals surface area contributed by atoms with Crippen molar-refractivity contribution in [2.24, 2.45) is 11.7 Å². The van der Waals surface area contributed by atoms with Gasteiger partial charge in [0.1, 0.15) is 0 Å². The predicted molar refractivity (Wildman–Crippen MR) is 98.1 cm³/mol. The third-order valence-corrected chi connectivity index (χ3v) is 5.16. The Morgan fingerprint density at radius 1 is 1.40 bits per heavy atom. The number of likely N-dealkylation sites (tertiary alicyclic amines) is 1. The summed E-state index contributed by atoms with van der Waals surface area (Å²) < 4.78 is 5.46. The molecule has 0 spiro atoms. The molecule has 0 bridgehead atoms. The monoisotopic (exact) mass is 364 g/mol. The molecule has 2 N–H and O–H groups in total. The van der Waals surface area contributed by atoms with E-state index in [1.54, 1.807) is 0 Å². The number of carbonyl (C=O) groups is 1. The zero-order valence-electron chi connectivity index (χ0n) is 14.5. The second kappa shape index (κ2) is 7.30. The molecule has 4 rings (SSSR count). The summed E-state index contributed by atoms with van der Waals surface area (Å²) >= 11 is 0. The summed E-state index contributed by atoms with van der Waals surface area (Å²) in [5.41, 5.74) is 8.82. The van der Waals surface area contributed by atoms with Crippen LogP contribution in [0.25, 0.3) is 11.1 Å². The molecule has 3 heterocycles. The first-order valence-electron chi connectivity index (χ1n) is 8.99. The fraction of sp³-hybridized carbons (Fsp3) is 0.611. The van der Waals surface area contributed by atoms with E-state index in [4.69, 9.17) is 10.3 Å². The molecular formula is C18H25ClN4O2. The highest BCUT2D eigenvalue weighted by Crippen LogP contribution is 2.41. The van der Waals surface area contributed by atoms with Crippen molar-refractivity contribution in [2.45, 2.75) is 44.9 Å². The average Bonchev–Trinajstić information content (AvgIpc) is 3.20. The number of halogens is 1. The van der Waals surface area contributed by atoms with Gasteiger partial charge in [0.15, 0.2) is 0 Å². The summed E-state index contributed by atoms with van der Waals surface area (Å²) in [6.45, 7) is 4.25. The van der Waals surface area contributed by atoms with Crippen LogP contribution in [0.3, 0.4) is 0 Å². The van der Waals surface area contributed by atoms with Crippen LogP contribution in [0.4, 0.5) is 0 Å². The van der Waals surface area contributed by atoms with Gasteiger partial charge in [-0.1, -0.05) is 18.5 Å². The zero-order chi connectivity index (χ0) is 16.7. The Labute approximate surface area is 153 Å². The minimum atomic E-state index is 0. The molecule has 6 nitrogen and oxygen atoms in total. The van der Waals surface area contributed by atoms with Crippen molar-refractivity contribution in [3.05, 3.63) is 23.0 Å². The van der Waals surface area contributed by atoms with E-state index in [0.717, 1.165) is 62.0 Å². The Kier molecular flexibility index (Phi) is 5.29. The fourth-order valence-corrected chi connectivity index (χ4v) is 3.57. The van der Waals surface area contributed by atoms with Crippen LogP contribution in [0.1, 0.15) is 60.3 Å². The van der Waals surface area contributed by atoms with Gasteiger partial charge in [0.25, 0.3) is 11.6 Å². The quantitative estimate of drug-likeness (QED) is 0.881. The van der Waals surface area contributed by atoms with E-state index in [2.05, 4.69) is 17.1 Å². The van der Waals surface area contributed by atoms with Crippen molar-refractivity contribution in [1.82, 2.24) is 15.0 Å². The fourth-order valence-electron chi connectivity index (χ4n) is 3.57. The molecule has 25 heavy (non-hydrogen) atoms. The highest BCUT2D eigenvalue weighted by molar-refractivity contribution is 6.06. The highest BCUT2D eigenvalue weighted by Gasteiger charge is 2.32. The molecule has 136 valence electrons. The summed E-state index contributed by atoms with van der Waals surface area (Å²) in [6, 6.07) is 1.98. The van der Waals surface area contributed by atoms with Gasteiger partial charge in [0.2, 0.25) is 0 Å². The van der Waals surface area contributed by atoms with Gasteiger partial charge < -0.3 is 15.2 Å². The second-order valence-corrected chi connectivity index (χ2v) is 7.07. The molecule has 7 heteroatoms. The van der Waals surface area contributed by atoms with Gasteiger partial charge >= 0.3 is 0 Å². The normalized spacial score (nSPS) is 20.1. The molecule has 0 aromatic carbocycles. The van der Waals surface area contributed by atoms with Crippen LogP contribution in [0.2, 0.25) is 0 Å². The summed E-state index contributed by atoms with van der Waals surface area (Å²) in [5, 5.41) is 4.99. The first-order chi connectivity index (χ1) is 11.7. The first kappa shape index (κ1) is 18.1. The molecule has 1 amide bonds. The van der Waals surface area contributed by atoms with E-state index in [0.29, 0.717) is 29.7 Å². The van der Waals surface area contributed by atoms with Crippen LogP contribution in [0.5, 0.6) is 0 Å². The molecule has 2 fully saturated rings. The average molecular weight is 365 g/mol. The van der Waals surface area contributed by atoms with Gasteiger partial charge in [-0.25, -0.2) is 4.98 Å². The first-order valence-corrected chi connectivity index (χ1v) is 8.99. The largest absolute Gasteiger partial charge is 0.338 e. The standard InChI is InChI=1S/C18H24N4O2.ClH/c1-2-3-14-16-13(18(23)22-7-6-11(9-19)10-22)8-15(12-4-5-12)20-17(16)24-21-14;/h8,11-12H,2-7,9-10,19H2,1H3;1H. The number of fused-ring (bicyclic) bond motifs is 1. The summed E-state index contributed by atoms with van der Waals surface area (Å²) in [6.07, 6.45) is 5.02. The van der Waals surface area contributed by atoms with E-state index in [1.807, 2.05) is 11.0 Å². The molecule has 1 saturated heterocycles. The van der Waals surface area contributed by atoms with E-state index >= 15 is 0 Å². The lowest BCUT2D eigenvalue weighted by Crippen LogP contribution is -2.30. The van der Waals surface area contributed by atoms with Crippen molar-refractivity contribution in [3.63, 3.8) is 0 Å². The van der Waals surface area contributed by atoms with Gasteiger partial charge in [-0.3, -0.25) is 4.79 Å². The maximum Gasteiger partial charge on any atom is 0.259 e. The molecule has 1 unspecified atom stereocenters. The van der Waals surface area contributed by atoms with Crippen LogP contribution in [0, 0.1) is 5.92 Å². The molecule has 2 aromatic rings. The topological polar surface area (TPSA) is 85.2 Å². The van der Waals surface area contributed by atoms with Crippen molar-refractivity contribution < 1.29 is 9.32 Å². The summed E-state index contributed by atoms with van der Waals surface area (Å²) in [5.74, 6) is 0.948. The maximum atomic E-state index is 13.2. The van der Waals surface area contributed by atoms with Crippen molar-refractivity contribution in [3.8, 4) is 0 Å². The van der Waals surface area contributed by atoms with Gasteiger partial charge in [-0.2, -0.15) is 0 Å². The number of hydrogen-bond donors (Lipinski definition) is 1. The van der Waals surface area contributed by atoms with Crippen LogP contribution >= 0.6 is 12.4 Å². The molecule has 1 aliphatic heterocycles. The summed E-state index contributed by atoms with van der Waals surface area (Å²) in [4.78, 5) is 19.7. The molecular weight excluding hydrogens is 340 g/mol. The number of rotatable bonds is 5. The zero-order valence-corrected chi connectivity index (χ0v) is 15.3. The third kappa shape index (κ3) is 3.37. The number of pyridine rings is 1. The number of nitrogens with two attached hydrogens (primary N) is 1. The lowest BCUT2D eigenvalue weighted by molar-refractivity contribution is 0.0789. The number of aryl methyl sites for hydroxylation is 1. The molecule has 1 saturated carbocycles. The number of amides is 1. The minimum Gasteiger partial charge on any atom is -0.338 e. The Morgan fingerprint density at radius 2 is 2.20 bits per heavy atom. The Bertz CT molecular complexity index is 772. The van der Waals surface area contributed by atoms with E-state index in [-0.39, 0.29) is 18.3 Å². The van der Waals surface area contributed by atoms with Crippen LogP contribution < -0.4 is 5.73 Å². The summed E-state index contributed by atoms with van der Waals surface area (Å²) in [7, 11) is 0. The third-order valence-electron chi connectivity index (χ3n) is 5.16. The highest BCUT2D eigenvalue weighted by atomic mass is 35.5. The second-order valence-electron chi connectivity index (χ2n) is 7.07. The number of aromatic nitrogens is 2. The molecule has 1 aliphatic carbocycles. The predicted octanol–water partition coefficient (Wildman–Crippen LogP) is 2.90. The van der Waals surface area contributed by atoms with Gasteiger partial charge in [0, 0.05) is 24.7 Å². The lowest BCUT2D eigenvalue weighted by Gasteiger charge is -2.17. The Balaban J connectivity index is 0.00000182. The SMILES string of the molecule is CCCc1noc2nc(C3CC3)cc(C(=O)N3CCC(CN)C3)c12.Cl. The maximum absolute atomic E-state index is 13.2. The van der Waals surface area contributed by atoms with Crippen molar-refractivity contribution in [1.29, 1.82) is 0 Å². The van der Waals surface area contributed by atoms with Crippen LogP contribution in [-0.4, -0.2) is 40.6 Å². The van der Waals surface area contributed by atoms with E-state index < -0.39 is 0 Å². The Morgan fingerprint density at radius 3 is 2.84 bits per heavy atom. The molecule has 0 radical (unpaired) electrons. The van der Waals surface area contributed by atoms with Gasteiger partial charge in [-0.05, 0) is 44.2 Å². The van der Waals surface area contributed by atoms with Crippen LogP contribution in [-0.2, 0) is 6.42 Å². The minimum absolute atomic E-state index is 0. The number of carbonyl (C=O) groups excluding carboxylic acids is 1. The number of hydrogen-bond acceptors (Lipinski definition) is 5. The van der Waals surface area contributed by atoms with Gasteiger partial charge in [0.05, 0.1) is 16.6 Å². The van der Waals surface area contributed by atoms with Gasteiger partial charge in [-0.15, -0.1) is 12.4 Å². The van der Waals surface area contributed by atoms with E-state index in [1.165, 1.54) is 0 Å². The number of nitrogens with zero attached hydrogens (tertiary/aromatic N) is 3. The lowest BCUT2D eigenvalue weighted by atomic mass is 10.0. The van der Waals surface area contributed by atoms with Crippen LogP contribution in [0.15, 0.2) is 10.6 Å². The van der Waals surface area contributed by atoms with Crippen molar-refractivity contribution >= 4 is 29.4 Å². The molecule has 2 aromatic heterocycles. The molecule has 1 atom stereocenters. The van der Waals surface area contributed by atoms with Crippen molar-refractivity contribution in [2.75, 3.05) is 19.6 Å². The smallest absolute Gasteiger partial charge is 0.259 e. The van der Waals surface area contributed by atoms with E-state index in [9.17, 15) is 4.79 Å². The molecule has 2 aliphatic rings.